The van der Waals surface area contributed by atoms with E-state index in [4.69, 9.17) is 11.5 Å². The zero-order valence-electron chi connectivity index (χ0n) is 21.1. The molecule has 1 saturated heterocycles. The summed E-state index contributed by atoms with van der Waals surface area (Å²) in [7, 11) is 0. The van der Waals surface area contributed by atoms with E-state index in [2.05, 4.69) is 51.0 Å². The number of fused-ring (bicyclic) bond motifs is 2. The monoisotopic (exact) mass is 506 g/mol. The number of nitrogens with zero attached hydrogens (tertiary/aromatic N) is 4. The van der Waals surface area contributed by atoms with Crippen molar-refractivity contribution in [3.8, 4) is 11.8 Å². The Balaban J connectivity index is 1.14. The molecule has 8 nitrogen and oxygen atoms in total. The third-order valence-electron chi connectivity index (χ3n) is 8.14. The van der Waals surface area contributed by atoms with Crippen LogP contribution in [0.15, 0.2) is 60.9 Å². The van der Waals surface area contributed by atoms with E-state index < -0.39 is 5.91 Å². The minimum Gasteiger partial charge on any atom is -0.390 e. The summed E-state index contributed by atoms with van der Waals surface area (Å²) in [5, 5.41) is 11.0. The molecule has 5 N–H and O–H groups in total. The van der Waals surface area contributed by atoms with Crippen molar-refractivity contribution in [2.45, 2.75) is 38.5 Å². The summed E-state index contributed by atoms with van der Waals surface area (Å²) in [6, 6.07) is 15.9. The van der Waals surface area contributed by atoms with Gasteiger partial charge in [0.2, 0.25) is 5.91 Å². The molecule has 1 amide bonds. The maximum atomic E-state index is 11.4. The van der Waals surface area contributed by atoms with Gasteiger partial charge in [-0.25, -0.2) is 9.97 Å². The van der Waals surface area contributed by atoms with Crippen molar-refractivity contribution in [3.63, 3.8) is 0 Å². The predicted octanol–water partition coefficient (Wildman–Crippen LogP) is 2.92. The van der Waals surface area contributed by atoms with E-state index in [1.165, 1.54) is 11.1 Å². The van der Waals surface area contributed by atoms with Crippen LogP contribution in [-0.2, 0) is 19.6 Å². The summed E-state index contributed by atoms with van der Waals surface area (Å²) < 4.78 is 2.00. The quantitative estimate of drug-likeness (QED) is 0.366. The number of piperidine rings is 1. The molecule has 2 aromatic carbocycles. The van der Waals surface area contributed by atoms with E-state index in [0.29, 0.717) is 23.5 Å². The average Bonchev–Trinajstić information content (AvgIpc) is 3.47. The third-order valence-corrected chi connectivity index (χ3v) is 8.14. The van der Waals surface area contributed by atoms with Gasteiger partial charge in [0, 0.05) is 41.8 Å². The van der Waals surface area contributed by atoms with Gasteiger partial charge >= 0.3 is 0 Å². The fourth-order valence-electron chi connectivity index (χ4n) is 6.03. The SMILES string of the molecule is NC(=O)c1ccc2c(ccn2CC#Cc2cnc(N3CCC4(CC3)Cc3ccccc3[C@H]4N)c(CO)n2)c1. The van der Waals surface area contributed by atoms with Gasteiger partial charge in [0.1, 0.15) is 11.4 Å². The molecular weight excluding hydrogens is 476 g/mol. The highest BCUT2D eigenvalue weighted by Gasteiger charge is 2.46. The summed E-state index contributed by atoms with van der Waals surface area (Å²) in [4.78, 5) is 22.9. The lowest BCUT2D eigenvalue weighted by atomic mass is 9.73. The number of amides is 1. The van der Waals surface area contributed by atoms with Crippen molar-refractivity contribution in [3.05, 3.63) is 89.0 Å². The predicted molar refractivity (Wildman–Crippen MR) is 146 cm³/mol. The number of carbonyl (C=O) groups is 1. The fraction of sp³-hybridized carbons (Fsp3) is 0.300. The number of rotatable bonds is 4. The lowest BCUT2D eigenvalue weighted by Crippen LogP contribution is -2.45. The molecule has 38 heavy (non-hydrogen) atoms. The second-order valence-corrected chi connectivity index (χ2v) is 10.3. The Morgan fingerprint density at radius 2 is 1.97 bits per heavy atom. The number of benzene rings is 2. The smallest absolute Gasteiger partial charge is 0.248 e. The van der Waals surface area contributed by atoms with Gasteiger partial charge in [-0.1, -0.05) is 30.2 Å². The number of primary amides is 1. The molecule has 2 aliphatic rings. The van der Waals surface area contributed by atoms with Crippen LogP contribution in [0.1, 0.15) is 51.8 Å². The van der Waals surface area contributed by atoms with E-state index in [1.807, 2.05) is 22.9 Å². The molecule has 3 heterocycles. The Bertz CT molecular complexity index is 1590. The molecule has 6 rings (SSSR count). The normalized spacial score (nSPS) is 17.8. The van der Waals surface area contributed by atoms with Gasteiger partial charge in [-0.2, -0.15) is 0 Å². The fourth-order valence-corrected chi connectivity index (χ4v) is 6.03. The highest BCUT2D eigenvalue weighted by molar-refractivity contribution is 5.97. The number of hydrogen-bond acceptors (Lipinski definition) is 6. The molecule has 1 aliphatic carbocycles. The van der Waals surface area contributed by atoms with Crippen LogP contribution in [0.25, 0.3) is 10.9 Å². The number of nitrogens with two attached hydrogens (primary N) is 2. The molecule has 1 fully saturated rings. The molecule has 1 atom stereocenters. The lowest BCUT2D eigenvalue weighted by molar-refractivity contribution is 0.100. The van der Waals surface area contributed by atoms with Gasteiger partial charge in [0.15, 0.2) is 5.82 Å². The van der Waals surface area contributed by atoms with Gasteiger partial charge in [-0.15, -0.1) is 0 Å². The third kappa shape index (κ3) is 4.20. The molecule has 0 radical (unpaired) electrons. The summed E-state index contributed by atoms with van der Waals surface area (Å²) in [6.07, 6.45) is 6.57. The maximum absolute atomic E-state index is 11.4. The Morgan fingerprint density at radius 3 is 2.74 bits per heavy atom. The van der Waals surface area contributed by atoms with Gasteiger partial charge in [0.05, 0.1) is 19.3 Å². The summed E-state index contributed by atoms with van der Waals surface area (Å²) in [6.45, 7) is 1.90. The molecule has 2 aromatic heterocycles. The van der Waals surface area contributed by atoms with Crippen molar-refractivity contribution in [2.24, 2.45) is 16.9 Å². The molecule has 1 aliphatic heterocycles. The maximum Gasteiger partial charge on any atom is 0.248 e. The Labute approximate surface area is 221 Å². The highest BCUT2D eigenvalue weighted by Crippen LogP contribution is 2.51. The molecule has 0 saturated carbocycles. The van der Waals surface area contributed by atoms with Crippen molar-refractivity contribution in [1.29, 1.82) is 0 Å². The first-order valence-corrected chi connectivity index (χ1v) is 12.9. The van der Waals surface area contributed by atoms with E-state index in [9.17, 15) is 9.90 Å². The van der Waals surface area contributed by atoms with Crippen molar-refractivity contribution >= 4 is 22.6 Å². The van der Waals surface area contributed by atoms with Gasteiger partial charge < -0.3 is 26.0 Å². The summed E-state index contributed by atoms with van der Waals surface area (Å²) in [5.74, 6) is 6.49. The van der Waals surface area contributed by atoms with E-state index >= 15 is 0 Å². The second kappa shape index (κ2) is 9.60. The minimum atomic E-state index is -0.446. The largest absolute Gasteiger partial charge is 0.390 e. The Kier molecular flexibility index (Phi) is 6.10. The van der Waals surface area contributed by atoms with Crippen LogP contribution in [0.4, 0.5) is 5.82 Å². The Hall–Kier alpha value is -4.19. The second-order valence-electron chi connectivity index (χ2n) is 10.3. The van der Waals surface area contributed by atoms with Crippen LogP contribution in [0.5, 0.6) is 0 Å². The first kappa shape index (κ1) is 24.2. The molecule has 192 valence electrons. The number of anilines is 1. The summed E-state index contributed by atoms with van der Waals surface area (Å²) in [5.41, 5.74) is 17.3. The van der Waals surface area contributed by atoms with E-state index in [0.717, 1.165) is 49.1 Å². The van der Waals surface area contributed by atoms with E-state index in [1.54, 1.807) is 18.3 Å². The van der Waals surface area contributed by atoms with Gasteiger partial charge in [-0.05, 0) is 66.0 Å². The van der Waals surface area contributed by atoms with Gasteiger partial charge in [-0.3, -0.25) is 4.79 Å². The number of aromatic nitrogens is 3. The van der Waals surface area contributed by atoms with Crippen LogP contribution in [0.2, 0.25) is 0 Å². The highest BCUT2D eigenvalue weighted by atomic mass is 16.3. The van der Waals surface area contributed by atoms with Crippen molar-refractivity contribution in [1.82, 2.24) is 14.5 Å². The van der Waals surface area contributed by atoms with Crippen LogP contribution < -0.4 is 16.4 Å². The van der Waals surface area contributed by atoms with Crippen LogP contribution in [-0.4, -0.2) is 38.6 Å². The minimum absolute atomic E-state index is 0.0597. The number of aliphatic hydroxyl groups excluding tert-OH is 1. The average molecular weight is 507 g/mol. The van der Waals surface area contributed by atoms with Crippen molar-refractivity contribution in [2.75, 3.05) is 18.0 Å². The Morgan fingerprint density at radius 1 is 1.16 bits per heavy atom. The van der Waals surface area contributed by atoms with Crippen molar-refractivity contribution < 1.29 is 9.90 Å². The molecule has 0 bridgehead atoms. The molecular formula is C30H30N6O2. The first-order chi connectivity index (χ1) is 18.5. The zero-order chi connectivity index (χ0) is 26.3. The number of aliphatic hydroxyl groups is 1. The molecule has 8 heteroatoms. The number of hydrogen-bond donors (Lipinski definition) is 3. The summed E-state index contributed by atoms with van der Waals surface area (Å²) >= 11 is 0. The molecule has 1 spiro atoms. The lowest BCUT2D eigenvalue weighted by Gasteiger charge is -2.42. The van der Waals surface area contributed by atoms with Gasteiger partial charge in [0.25, 0.3) is 0 Å². The molecule has 0 unspecified atom stereocenters. The van der Waals surface area contributed by atoms with Crippen LogP contribution in [0, 0.1) is 17.3 Å². The zero-order valence-corrected chi connectivity index (χ0v) is 21.1. The van der Waals surface area contributed by atoms with Crippen LogP contribution >= 0.6 is 0 Å². The standard InChI is InChI=1S/C30H30N6O2/c31-27-24-6-2-1-4-22(24)17-30(27)10-14-36(15-11-30)29-25(19-37)34-23(18-33-29)5-3-12-35-13-9-20-16-21(28(32)38)7-8-26(20)35/h1-2,4,6-9,13,16,18,27,37H,10-12,14-15,17,19,31H2,(H2,32,38)/t27-/m1/s1. The first-order valence-electron chi connectivity index (χ1n) is 12.9. The van der Waals surface area contributed by atoms with E-state index in [-0.39, 0.29) is 18.1 Å². The molecule has 4 aromatic rings. The number of carbonyl (C=O) groups excluding carboxylic acids is 1. The topological polar surface area (TPSA) is 123 Å². The van der Waals surface area contributed by atoms with Crippen LogP contribution in [0.3, 0.4) is 0 Å².